The van der Waals surface area contributed by atoms with Crippen LogP contribution in [-0.4, -0.2) is 33.2 Å². The Labute approximate surface area is 205 Å². The number of nitrogens with zero attached hydrogens (tertiary/aromatic N) is 3. The number of aromatic nitrogens is 2. The maximum absolute atomic E-state index is 15.0. The van der Waals surface area contributed by atoms with E-state index in [0.29, 0.717) is 11.4 Å². The van der Waals surface area contributed by atoms with Crippen molar-refractivity contribution in [3.05, 3.63) is 71.7 Å². The SMILES string of the molecule is CCc1ccc(-c2cc3n(n2)C[C@](C)(C(=O)NC2CCCCC2)N(c2ccccc2F)C3=O)cc1. The second kappa shape index (κ2) is 9.29. The van der Waals surface area contributed by atoms with Crippen LogP contribution in [0.25, 0.3) is 11.3 Å². The zero-order valence-electron chi connectivity index (χ0n) is 20.3. The quantitative estimate of drug-likeness (QED) is 0.558. The van der Waals surface area contributed by atoms with Gasteiger partial charge in [-0.05, 0) is 49.9 Å². The fourth-order valence-corrected chi connectivity index (χ4v) is 5.23. The van der Waals surface area contributed by atoms with Gasteiger partial charge in [0, 0.05) is 11.6 Å². The maximum Gasteiger partial charge on any atom is 0.277 e. The van der Waals surface area contributed by atoms with Crippen LogP contribution >= 0.6 is 0 Å². The van der Waals surface area contributed by atoms with Crippen LogP contribution in [0.3, 0.4) is 0 Å². The number of carbonyl (C=O) groups is 2. The third-order valence-electron chi connectivity index (χ3n) is 7.33. The molecule has 7 heteroatoms. The average Bonchev–Trinajstić information content (AvgIpc) is 3.30. The number of fused-ring (bicyclic) bond motifs is 1. The summed E-state index contributed by atoms with van der Waals surface area (Å²) in [4.78, 5) is 28.9. The molecule has 1 aliphatic heterocycles. The molecule has 2 aliphatic rings. The number of rotatable bonds is 5. The summed E-state index contributed by atoms with van der Waals surface area (Å²) in [5.41, 5.74) is 1.86. The Balaban J connectivity index is 1.55. The van der Waals surface area contributed by atoms with E-state index in [1.165, 1.54) is 23.0 Å². The molecule has 0 unspecified atom stereocenters. The zero-order chi connectivity index (χ0) is 24.6. The number of anilines is 1. The van der Waals surface area contributed by atoms with Gasteiger partial charge in [-0.3, -0.25) is 19.2 Å². The average molecular weight is 475 g/mol. The van der Waals surface area contributed by atoms with Gasteiger partial charge in [0.15, 0.2) is 0 Å². The number of halogens is 1. The number of nitrogens with one attached hydrogen (secondary N) is 1. The molecule has 1 aromatic heterocycles. The molecular formula is C28H31FN4O2. The molecule has 6 nitrogen and oxygen atoms in total. The Hall–Kier alpha value is -3.48. The summed E-state index contributed by atoms with van der Waals surface area (Å²) in [5.74, 6) is -1.26. The lowest BCUT2D eigenvalue weighted by molar-refractivity contribution is -0.127. The first-order valence-electron chi connectivity index (χ1n) is 12.5. The molecule has 0 radical (unpaired) electrons. The standard InChI is InChI=1S/C28H31FN4O2/c1-3-19-13-15-20(16-14-19)23-17-25-26(34)33(24-12-8-7-11-22(24)29)28(2,18-32(25)31-23)27(35)30-21-9-5-4-6-10-21/h7-8,11-17,21H,3-6,9-10,18H2,1-2H3,(H,30,35)/t28-/m1/s1. The fourth-order valence-electron chi connectivity index (χ4n) is 5.23. The second-order valence-corrected chi connectivity index (χ2v) is 9.80. The summed E-state index contributed by atoms with van der Waals surface area (Å²) < 4.78 is 16.6. The van der Waals surface area contributed by atoms with Crippen molar-refractivity contribution in [2.45, 2.75) is 70.5 Å². The number of hydrogen-bond acceptors (Lipinski definition) is 3. The van der Waals surface area contributed by atoms with Crippen molar-refractivity contribution in [2.75, 3.05) is 4.90 Å². The fraction of sp³-hybridized carbons (Fsp3) is 0.393. The maximum atomic E-state index is 15.0. The van der Waals surface area contributed by atoms with Gasteiger partial charge in [-0.25, -0.2) is 4.39 Å². The molecule has 1 fully saturated rings. The van der Waals surface area contributed by atoms with Crippen molar-refractivity contribution in [3.63, 3.8) is 0 Å². The highest BCUT2D eigenvalue weighted by atomic mass is 19.1. The molecule has 0 spiro atoms. The Kier molecular flexibility index (Phi) is 6.17. The summed E-state index contributed by atoms with van der Waals surface area (Å²) >= 11 is 0. The van der Waals surface area contributed by atoms with Gasteiger partial charge in [-0.15, -0.1) is 0 Å². The Morgan fingerprint density at radius 1 is 1.11 bits per heavy atom. The van der Waals surface area contributed by atoms with Gasteiger partial charge >= 0.3 is 0 Å². The number of hydrogen-bond donors (Lipinski definition) is 1. The minimum absolute atomic E-state index is 0.0670. The summed E-state index contributed by atoms with van der Waals surface area (Å²) in [5, 5.41) is 7.85. The van der Waals surface area contributed by atoms with E-state index in [-0.39, 0.29) is 24.2 Å². The van der Waals surface area contributed by atoms with Crippen molar-refractivity contribution >= 4 is 17.5 Å². The normalized spacial score (nSPS) is 20.5. The molecule has 182 valence electrons. The molecule has 1 saturated carbocycles. The van der Waals surface area contributed by atoms with E-state index in [1.54, 1.807) is 35.9 Å². The van der Waals surface area contributed by atoms with E-state index < -0.39 is 17.3 Å². The summed E-state index contributed by atoms with van der Waals surface area (Å²) in [6, 6.07) is 16.0. The molecule has 5 rings (SSSR count). The zero-order valence-corrected chi connectivity index (χ0v) is 20.3. The first-order chi connectivity index (χ1) is 16.9. The third kappa shape index (κ3) is 4.24. The van der Waals surface area contributed by atoms with Gasteiger partial charge in [0.25, 0.3) is 5.91 Å². The lowest BCUT2D eigenvalue weighted by Gasteiger charge is -2.44. The number of aryl methyl sites for hydroxylation is 1. The lowest BCUT2D eigenvalue weighted by atomic mass is 9.91. The first-order valence-corrected chi connectivity index (χ1v) is 12.5. The van der Waals surface area contributed by atoms with E-state index in [0.717, 1.165) is 37.7 Å². The summed E-state index contributed by atoms with van der Waals surface area (Å²) in [7, 11) is 0. The predicted molar refractivity (Wildman–Crippen MR) is 134 cm³/mol. The largest absolute Gasteiger partial charge is 0.351 e. The van der Waals surface area contributed by atoms with Crippen LogP contribution in [0.1, 0.15) is 62.0 Å². The second-order valence-electron chi connectivity index (χ2n) is 9.80. The molecule has 1 N–H and O–H groups in total. The van der Waals surface area contributed by atoms with Crippen molar-refractivity contribution in [2.24, 2.45) is 0 Å². The Morgan fingerprint density at radius 2 is 1.83 bits per heavy atom. The van der Waals surface area contributed by atoms with Crippen molar-refractivity contribution < 1.29 is 14.0 Å². The van der Waals surface area contributed by atoms with E-state index >= 15 is 0 Å². The molecule has 2 aromatic carbocycles. The molecule has 0 saturated heterocycles. The van der Waals surface area contributed by atoms with Crippen molar-refractivity contribution in [1.29, 1.82) is 0 Å². The van der Waals surface area contributed by atoms with Gasteiger partial charge in [0.2, 0.25) is 5.91 Å². The van der Waals surface area contributed by atoms with Crippen LogP contribution in [0.15, 0.2) is 54.6 Å². The number of para-hydroxylation sites is 1. The third-order valence-corrected chi connectivity index (χ3v) is 7.33. The molecule has 0 bridgehead atoms. The van der Waals surface area contributed by atoms with Crippen LogP contribution in [0.5, 0.6) is 0 Å². The number of benzene rings is 2. The monoisotopic (exact) mass is 474 g/mol. The molecular weight excluding hydrogens is 443 g/mol. The van der Waals surface area contributed by atoms with Crippen LogP contribution in [0.4, 0.5) is 10.1 Å². The minimum atomic E-state index is -1.33. The van der Waals surface area contributed by atoms with Crippen LogP contribution in [-0.2, 0) is 17.8 Å². The smallest absolute Gasteiger partial charge is 0.277 e. The topological polar surface area (TPSA) is 67.2 Å². The van der Waals surface area contributed by atoms with Gasteiger partial charge in [0.05, 0.1) is 17.9 Å². The molecule has 1 aliphatic carbocycles. The van der Waals surface area contributed by atoms with Gasteiger partial charge in [-0.2, -0.15) is 5.10 Å². The highest BCUT2D eigenvalue weighted by Crippen LogP contribution is 2.36. The van der Waals surface area contributed by atoms with Gasteiger partial charge in [-0.1, -0.05) is 62.6 Å². The minimum Gasteiger partial charge on any atom is -0.351 e. The highest BCUT2D eigenvalue weighted by molar-refractivity contribution is 6.12. The first kappa shape index (κ1) is 23.3. The molecule has 3 aromatic rings. The summed E-state index contributed by atoms with van der Waals surface area (Å²) in [6.07, 6.45) is 6.08. The Bertz CT molecular complexity index is 1250. The van der Waals surface area contributed by atoms with Crippen LogP contribution in [0.2, 0.25) is 0 Å². The van der Waals surface area contributed by atoms with E-state index in [2.05, 4.69) is 12.2 Å². The highest BCUT2D eigenvalue weighted by Gasteiger charge is 2.50. The van der Waals surface area contributed by atoms with Gasteiger partial charge in [0.1, 0.15) is 17.1 Å². The Morgan fingerprint density at radius 3 is 2.51 bits per heavy atom. The molecule has 2 amide bonds. The predicted octanol–water partition coefficient (Wildman–Crippen LogP) is 5.12. The van der Waals surface area contributed by atoms with E-state index in [4.69, 9.17) is 5.10 Å². The molecule has 2 heterocycles. The van der Waals surface area contributed by atoms with Crippen LogP contribution < -0.4 is 10.2 Å². The molecule has 35 heavy (non-hydrogen) atoms. The lowest BCUT2D eigenvalue weighted by Crippen LogP contribution is -2.65. The number of carbonyl (C=O) groups excluding carboxylic acids is 2. The van der Waals surface area contributed by atoms with Crippen molar-refractivity contribution in [3.8, 4) is 11.3 Å². The molecule has 1 atom stereocenters. The van der Waals surface area contributed by atoms with E-state index in [9.17, 15) is 14.0 Å². The van der Waals surface area contributed by atoms with E-state index in [1.807, 2.05) is 24.3 Å². The number of amides is 2. The van der Waals surface area contributed by atoms with Crippen molar-refractivity contribution in [1.82, 2.24) is 15.1 Å². The van der Waals surface area contributed by atoms with Gasteiger partial charge < -0.3 is 5.32 Å². The van der Waals surface area contributed by atoms with Crippen LogP contribution in [0, 0.1) is 5.82 Å². The summed E-state index contributed by atoms with van der Waals surface area (Å²) in [6.45, 7) is 3.93.